The summed E-state index contributed by atoms with van der Waals surface area (Å²) in [6.45, 7) is 9.20. The predicted octanol–water partition coefficient (Wildman–Crippen LogP) is 3.80. The Morgan fingerprint density at radius 3 is 2.40 bits per heavy atom. The minimum absolute atomic E-state index is 0.680. The van der Waals surface area contributed by atoms with Gasteiger partial charge in [0.25, 0.3) is 0 Å². The first-order valence-corrected chi connectivity index (χ1v) is 9.33. The number of pyridine rings is 1. The maximum atomic E-state index is 4.82. The highest BCUT2D eigenvalue weighted by atomic mass is 79.9. The van der Waals surface area contributed by atoms with E-state index in [1.807, 2.05) is 12.1 Å². The van der Waals surface area contributed by atoms with E-state index >= 15 is 0 Å². The largest absolute Gasteiger partial charge is 0.335 e. The van der Waals surface area contributed by atoms with Crippen molar-refractivity contribution in [2.75, 3.05) is 0 Å². The van der Waals surface area contributed by atoms with Gasteiger partial charge in [-0.25, -0.2) is 4.98 Å². The van der Waals surface area contributed by atoms with Gasteiger partial charge in [0.05, 0.1) is 16.7 Å². The van der Waals surface area contributed by atoms with Crippen molar-refractivity contribution in [3.05, 3.63) is 69.2 Å². The number of hydrogen-bond acceptors (Lipinski definition) is 1. The number of aromatic nitrogens is 3. The number of rotatable bonds is 3. The minimum atomic E-state index is 0.680. The normalized spacial score (nSPS) is 14.6. The molecule has 1 aliphatic rings. The minimum Gasteiger partial charge on any atom is -0.335 e. The number of hydrogen-bond donors (Lipinski definition) is 0. The zero-order valence-corrected chi connectivity index (χ0v) is 15.5. The van der Waals surface area contributed by atoms with Crippen molar-refractivity contribution in [2.24, 2.45) is 0 Å². The van der Waals surface area contributed by atoms with Gasteiger partial charge in [0.1, 0.15) is 0 Å². The molecular formula is C21H18BrN3. The lowest BCUT2D eigenvalue weighted by molar-refractivity contribution is 0.749. The first kappa shape index (κ1) is 15.0. The average molecular weight is 392 g/mol. The third-order valence-electron chi connectivity index (χ3n) is 5.15. The molecule has 0 N–H and O–H groups in total. The van der Waals surface area contributed by atoms with E-state index in [9.17, 15) is 0 Å². The molecule has 3 aromatic heterocycles. The number of benzene rings is 1. The maximum absolute atomic E-state index is 4.82. The first-order valence-electron chi connectivity index (χ1n) is 8.54. The van der Waals surface area contributed by atoms with E-state index in [1.165, 1.54) is 18.4 Å². The molecule has 0 atom stereocenters. The fourth-order valence-electron chi connectivity index (χ4n) is 3.64. The monoisotopic (exact) mass is 391 g/mol. The standard InChI is InChI=1S/C21H18BrN3/c1-13-18-5-3-4-6-19(18)14(2)25(13)12-17-11-24-10-16(15-7-8-15)9-20(22)21(24)23-17/h3-6,9-11,15H,1-2,7-8,12H2. The second-order valence-corrected chi connectivity index (χ2v) is 7.74. The van der Waals surface area contributed by atoms with Crippen molar-refractivity contribution < 1.29 is 0 Å². The second-order valence-electron chi connectivity index (χ2n) is 6.88. The Morgan fingerprint density at radius 1 is 1.08 bits per heavy atom. The van der Waals surface area contributed by atoms with E-state index in [0.29, 0.717) is 6.54 Å². The van der Waals surface area contributed by atoms with Gasteiger partial charge < -0.3 is 8.97 Å². The van der Waals surface area contributed by atoms with E-state index in [0.717, 1.165) is 43.2 Å². The summed E-state index contributed by atoms with van der Waals surface area (Å²) in [5.74, 6) is 0.721. The summed E-state index contributed by atoms with van der Waals surface area (Å²) in [5.41, 5.74) is 3.38. The van der Waals surface area contributed by atoms with Crippen LogP contribution in [0.5, 0.6) is 0 Å². The fraction of sp³-hybridized carbons (Fsp3) is 0.190. The van der Waals surface area contributed by atoms with Gasteiger partial charge in [-0.15, -0.1) is 0 Å². The number of halogens is 1. The van der Waals surface area contributed by atoms with E-state index in [1.54, 1.807) is 0 Å². The number of imidazole rings is 1. The van der Waals surface area contributed by atoms with Gasteiger partial charge in [0, 0.05) is 33.9 Å². The summed E-state index contributed by atoms with van der Waals surface area (Å²) in [4.78, 5) is 4.82. The highest BCUT2D eigenvalue weighted by Crippen LogP contribution is 2.41. The SMILES string of the molecule is C=c1c2ccccc2c(=C)n1Cc1cn2cc(C3CC3)cc(Br)c2n1. The van der Waals surface area contributed by atoms with Crippen molar-refractivity contribution in [1.29, 1.82) is 0 Å². The van der Waals surface area contributed by atoms with Crippen molar-refractivity contribution in [1.82, 2.24) is 14.0 Å². The van der Waals surface area contributed by atoms with Crippen LogP contribution in [0.25, 0.3) is 29.6 Å². The van der Waals surface area contributed by atoms with Crippen LogP contribution in [-0.2, 0) is 6.54 Å². The molecule has 0 spiro atoms. The summed E-state index contributed by atoms with van der Waals surface area (Å²) in [5, 5.41) is 4.31. The Balaban J connectivity index is 1.62. The van der Waals surface area contributed by atoms with Crippen LogP contribution in [0.3, 0.4) is 0 Å². The zero-order valence-electron chi connectivity index (χ0n) is 13.9. The van der Waals surface area contributed by atoms with Crippen molar-refractivity contribution in [3.8, 4) is 0 Å². The molecule has 0 radical (unpaired) electrons. The van der Waals surface area contributed by atoms with Crippen molar-refractivity contribution in [3.63, 3.8) is 0 Å². The van der Waals surface area contributed by atoms with Gasteiger partial charge in [0.2, 0.25) is 0 Å². The van der Waals surface area contributed by atoms with Crippen LogP contribution in [0.15, 0.2) is 47.2 Å². The molecule has 0 bridgehead atoms. The molecule has 0 unspecified atom stereocenters. The summed E-state index contributed by atoms with van der Waals surface area (Å²) >= 11 is 3.68. The molecule has 0 saturated heterocycles. The van der Waals surface area contributed by atoms with Crippen LogP contribution in [0.1, 0.15) is 30.0 Å². The molecule has 25 heavy (non-hydrogen) atoms. The van der Waals surface area contributed by atoms with E-state index in [-0.39, 0.29) is 0 Å². The molecule has 4 heteroatoms. The Hall–Kier alpha value is -2.33. The number of fused-ring (bicyclic) bond motifs is 2. The summed E-state index contributed by atoms with van der Waals surface area (Å²) < 4.78 is 5.36. The highest BCUT2D eigenvalue weighted by molar-refractivity contribution is 9.10. The molecule has 3 nitrogen and oxygen atoms in total. The first-order chi connectivity index (χ1) is 12.1. The van der Waals surface area contributed by atoms with Crippen LogP contribution < -0.4 is 10.7 Å². The molecule has 1 aromatic carbocycles. The number of nitrogens with zero attached hydrogens (tertiary/aromatic N) is 3. The lowest BCUT2D eigenvalue weighted by Gasteiger charge is -2.01. The third-order valence-corrected chi connectivity index (χ3v) is 5.73. The van der Waals surface area contributed by atoms with Crippen LogP contribution in [0, 0.1) is 0 Å². The van der Waals surface area contributed by atoms with Crippen molar-refractivity contribution >= 4 is 45.5 Å². The molecule has 0 amide bonds. The molecule has 1 saturated carbocycles. The van der Waals surface area contributed by atoms with Gasteiger partial charge in [-0.1, -0.05) is 37.4 Å². The quantitative estimate of drug-likeness (QED) is 0.520. The van der Waals surface area contributed by atoms with Crippen LogP contribution in [0.4, 0.5) is 0 Å². The topological polar surface area (TPSA) is 22.2 Å². The van der Waals surface area contributed by atoms with Crippen LogP contribution >= 0.6 is 15.9 Å². The predicted molar refractivity (Wildman–Crippen MR) is 106 cm³/mol. The summed E-state index contributed by atoms with van der Waals surface area (Å²) in [6.07, 6.45) is 6.93. The smallest absolute Gasteiger partial charge is 0.151 e. The molecule has 5 rings (SSSR count). The lowest BCUT2D eigenvalue weighted by atomic mass is 10.2. The van der Waals surface area contributed by atoms with Gasteiger partial charge in [-0.2, -0.15) is 0 Å². The Kier molecular flexibility index (Phi) is 3.19. The Labute approximate surface area is 154 Å². The average Bonchev–Trinajstić information content (AvgIpc) is 3.34. The van der Waals surface area contributed by atoms with Gasteiger partial charge in [0.15, 0.2) is 5.65 Å². The fourth-order valence-corrected chi connectivity index (χ4v) is 4.20. The molecule has 0 aliphatic heterocycles. The third kappa shape index (κ3) is 2.35. The Bertz CT molecular complexity index is 1180. The van der Waals surface area contributed by atoms with E-state index in [4.69, 9.17) is 4.98 Å². The molecule has 3 heterocycles. The van der Waals surface area contributed by atoms with Gasteiger partial charge in [-0.05, 0) is 46.3 Å². The molecule has 124 valence electrons. The van der Waals surface area contributed by atoms with E-state index < -0.39 is 0 Å². The second kappa shape index (κ2) is 5.33. The lowest BCUT2D eigenvalue weighted by Crippen LogP contribution is -2.25. The molecular weight excluding hydrogens is 374 g/mol. The van der Waals surface area contributed by atoms with Gasteiger partial charge >= 0.3 is 0 Å². The van der Waals surface area contributed by atoms with E-state index in [2.05, 4.69) is 68.6 Å². The molecule has 1 aliphatic carbocycles. The highest BCUT2D eigenvalue weighted by Gasteiger charge is 2.24. The summed E-state index contributed by atoms with van der Waals surface area (Å²) in [6, 6.07) is 10.5. The van der Waals surface area contributed by atoms with Crippen molar-refractivity contribution in [2.45, 2.75) is 25.3 Å². The van der Waals surface area contributed by atoms with Gasteiger partial charge in [-0.3, -0.25) is 0 Å². The maximum Gasteiger partial charge on any atom is 0.151 e. The Morgan fingerprint density at radius 2 is 1.76 bits per heavy atom. The summed E-state index contributed by atoms with van der Waals surface area (Å²) in [7, 11) is 0. The van der Waals surface area contributed by atoms with Crippen LogP contribution in [0.2, 0.25) is 0 Å². The molecule has 4 aromatic rings. The molecule has 1 fully saturated rings. The zero-order chi connectivity index (χ0) is 17.1. The van der Waals surface area contributed by atoms with Crippen LogP contribution in [-0.4, -0.2) is 14.0 Å².